The molecule has 1 aliphatic heterocycles. The van der Waals surface area contributed by atoms with E-state index >= 15 is 0 Å². The Kier molecular flexibility index (Phi) is 4.14. The molecule has 0 unspecified atom stereocenters. The summed E-state index contributed by atoms with van der Waals surface area (Å²) in [6, 6.07) is 17.6. The molecule has 0 bridgehead atoms. The largest absolute Gasteiger partial charge is 0.507 e. The summed E-state index contributed by atoms with van der Waals surface area (Å²) in [5.74, 6) is 0.610. The van der Waals surface area contributed by atoms with Gasteiger partial charge in [0.2, 0.25) is 0 Å². The summed E-state index contributed by atoms with van der Waals surface area (Å²) in [6.45, 7) is 0.307. The van der Waals surface area contributed by atoms with E-state index in [-0.39, 0.29) is 11.7 Å². The van der Waals surface area contributed by atoms with Gasteiger partial charge < -0.3 is 14.4 Å². The number of H-pyrrole nitrogens is 1. The lowest BCUT2D eigenvalue weighted by Gasteiger charge is -2.25. The number of fused-ring (bicyclic) bond motifs is 1. The van der Waals surface area contributed by atoms with Crippen LogP contribution >= 0.6 is 11.6 Å². The third-order valence-electron chi connectivity index (χ3n) is 5.11. The van der Waals surface area contributed by atoms with E-state index in [2.05, 4.69) is 10.2 Å². The molecule has 4 aromatic rings. The van der Waals surface area contributed by atoms with Crippen molar-refractivity contribution in [2.75, 3.05) is 0 Å². The molecule has 0 fully saturated rings. The van der Waals surface area contributed by atoms with Crippen LogP contribution in [0.3, 0.4) is 0 Å². The Balaban J connectivity index is 1.68. The minimum atomic E-state index is -0.395. The van der Waals surface area contributed by atoms with Gasteiger partial charge in [0.25, 0.3) is 5.91 Å². The summed E-state index contributed by atoms with van der Waals surface area (Å²) in [4.78, 5) is 15.0. The average Bonchev–Trinajstić information content (AvgIpc) is 3.44. The lowest BCUT2D eigenvalue weighted by Crippen LogP contribution is -2.28. The molecular formula is C22H16ClN3O3. The fourth-order valence-corrected chi connectivity index (χ4v) is 3.93. The van der Waals surface area contributed by atoms with Gasteiger partial charge in [-0.3, -0.25) is 9.89 Å². The Bertz CT molecular complexity index is 1180. The highest BCUT2D eigenvalue weighted by Gasteiger charge is 2.42. The number of para-hydroxylation sites is 1. The standard InChI is InChI=1S/C22H16ClN3O3/c23-14-9-7-13(8-10-14)21-18-19(16-5-1-2-6-17(16)27)24-25-20(18)22(28)26(21)12-15-4-3-11-29-15/h1-11,21,27H,12H2,(H,24,25)/t21-/m1/s1. The Morgan fingerprint density at radius 2 is 1.90 bits per heavy atom. The van der Waals surface area contributed by atoms with E-state index in [1.54, 1.807) is 47.6 Å². The summed E-state index contributed by atoms with van der Waals surface area (Å²) in [5.41, 5.74) is 3.15. The first-order valence-corrected chi connectivity index (χ1v) is 9.46. The van der Waals surface area contributed by atoms with E-state index in [1.165, 1.54) is 0 Å². The molecule has 2 N–H and O–H groups in total. The molecule has 1 aliphatic rings. The topological polar surface area (TPSA) is 82.4 Å². The number of amides is 1. The van der Waals surface area contributed by atoms with Gasteiger partial charge in [0.15, 0.2) is 0 Å². The molecule has 0 aliphatic carbocycles. The van der Waals surface area contributed by atoms with Gasteiger partial charge in [0.05, 0.1) is 18.8 Å². The molecule has 6 nitrogen and oxygen atoms in total. The number of hydrogen-bond donors (Lipinski definition) is 2. The van der Waals surface area contributed by atoms with Crippen LogP contribution in [0, 0.1) is 0 Å². The second-order valence-corrected chi connectivity index (χ2v) is 7.28. The van der Waals surface area contributed by atoms with E-state index in [0.29, 0.717) is 34.3 Å². The molecule has 0 spiro atoms. The van der Waals surface area contributed by atoms with Crippen molar-refractivity contribution in [2.24, 2.45) is 0 Å². The first kappa shape index (κ1) is 17.6. The van der Waals surface area contributed by atoms with Crippen molar-refractivity contribution in [1.29, 1.82) is 0 Å². The molecule has 0 saturated heterocycles. The zero-order valence-corrected chi connectivity index (χ0v) is 15.9. The van der Waals surface area contributed by atoms with Crippen LogP contribution in [0.2, 0.25) is 5.02 Å². The van der Waals surface area contributed by atoms with Gasteiger partial charge in [0, 0.05) is 16.1 Å². The highest BCUT2D eigenvalue weighted by Crippen LogP contribution is 2.45. The Labute approximate surface area is 171 Å². The minimum Gasteiger partial charge on any atom is -0.507 e. The molecule has 2 aromatic carbocycles. The van der Waals surface area contributed by atoms with Crippen LogP contribution < -0.4 is 0 Å². The Morgan fingerprint density at radius 1 is 1.10 bits per heavy atom. The first-order valence-electron chi connectivity index (χ1n) is 9.09. The van der Waals surface area contributed by atoms with Gasteiger partial charge in [-0.25, -0.2) is 0 Å². The zero-order valence-electron chi connectivity index (χ0n) is 15.2. The number of carbonyl (C=O) groups is 1. The van der Waals surface area contributed by atoms with Crippen LogP contribution in [0.5, 0.6) is 5.75 Å². The molecule has 29 heavy (non-hydrogen) atoms. The maximum atomic E-state index is 13.2. The number of benzene rings is 2. The van der Waals surface area contributed by atoms with Crippen LogP contribution in [0.4, 0.5) is 0 Å². The van der Waals surface area contributed by atoms with Crippen molar-refractivity contribution >= 4 is 17.5 Å². The molecule has 3 heterocycles. The van der Waals surface area contributed by atoms with Crippen molar-refractivity contribution in [2.45, 2.75) is 12.6 Å². The van der Waals surface area contributed by atoms with Gasteiger partial charge in [0.1, 0.15) is 22.9 Å². The number of hydrogen-bond acceptors (Lipinski definition) is 4. The lowest BCUT2D eigenvalue weighted by molar-refractivity contribution is 0.0717. The van der Waals surface area contributed by atoms with Gasteiger partial charge in [-0.05, 0) is 42.0 Å². The molecule has 1 amide bonds. The van der Waals surface area contributed by atoms with Crippen molar-refractivity contribution in [1.82, 2.24) is 15.1 Å². The lowest BCUT2D eigenvalue weighted by atomic mass is 9.95. The van der Waals surface area contributed by atoms with Crippen molar-refractivity contribution < 1.29 is 14.3 Å². The molecule has 144 valence electrons. The Morgan fingerprint density at radius 3 is 2.62 bits per heavy atom. The summed E-state index contributed by atoms with van der Waals surface area (Å²) in [6.07, 6.45) is 1.58. The number of halogens is 1. The summed E-state index contributed by atoms with van der Waals surface area (Å²) in [7, 11) is 0. The van der Waals surface area contributed by atoms with Crippen LogP contribution in [0.25, 0.3) is 11.3 Å². The average molecular weight is 406 g/mol. The summed E-state index contributed by atoms with van der Waals surface area (Å²) < 4.78 is 5.48. The number of phenolic OH excluding ortho intramolecular Hbond substituents is 1. The van der Waals surface area contributed by atoms with Gasteiger partial charge in [-0.2, -0.15) is 5.10 Å². The number of rotatable bonds is 4. The van der Waals surface area contributed by atoms with Crippen molar-refractivity contribution in [3.05, 3.63) is 94.5 Å². The van der Waals surface area contributed by atoms with Crippen molar-refractivity contribution in [3.8, 4) is 17.0 Å². The number of carbonyl (C=O) groups excluding carboxylic acids is 1. The van der Waals surface area contributed by atoms with E-state index in [1.807, 2.05) is 24.3 Å². The van der Waals surface area contributed by atoms with Gasteiger partial charge in [-0.15, -0.1) is 0 Å². The van der Waals surface area contributed by atoms with Crippen LogP contribution in [0.15, 0.2) is 71.3 Å². The third-order valence-corrected chi connectivity index (χ3v) is 5.37. The number of furan rings is 1. The number of aromatic hydroxyl groups is 1. The molecule has 7 heteroatoms. The summed E-state index contributed by atoms with van der Waals surface area (Å²) >= 11 is 6.08. The number of nitrogens with zero attached hydrogens (tertiary/aromatic N) is 2. The molecule has 2 aromatic heterocycles. The van der Waals surface area contributed by atoms with Crippen LogP contribution in [-0.4, -0.2) is 26.1 Å². The fourth-order valence-electron chi connectivity index (χ4n) is 3.80. The number of aromatic nitrogens is 2. The van der Waals surface area contributed by atoms with Crippen LogP contribution in [-0.2, 0) is 6.54 Å². The van der Waals surface area contributed by atoms with Crippen molar-refractivity contribution in [3.63, 3.8) is 0 Å². The first-order chi connectivity index (χ1) is 14.1. The second-order valence-electron chi connectivity index (χ2n) is 6.84. The van der Waals surface area contributed by atoms with E-state index in [9.17, 15) is 9.90 Å². The monoisotopic (exact) mass is 405 g/mol. The number of nitrogens with one attached hydrogen (secondary N) is 1. The molecular weight excluding hydrogens is 390 g/mol. The smallest absolute Gasteiger partial charge is 0.273 e. The quantitative estimate of drug-likeness (QED) is 0.512. The van der Waals surface area contributed by atoms with E-state index < -0.39 is 6.04 Å². The minimum absolute atomic E-state index is 0.105. The number of aromatic amines is 1. The zero-order chi connectivity index (χ0) is 20.0. The predicted molar refractivity (Wildman–Crippen MR) is 108 cm³/mol. The highest BCUT2D eigenvalue weighted by molar-refractivity contribution is 6.30. The maximum Gasteiger partial charge on any atom is 0.273 e. The third kappa shape index (κ3) is 2.89. The SMILES string of the molecule is O=C1c2[nH]nc(-c3ccccc3O)c2[C@@H](c2ccc(Cl)cc2)N1Cc1ccco1. The van der Waals surface area contributed by atoms with Gasteiger partial charge in [-0.1, -0.05) is 35.9 Å². The molecule has 1 atom stereocenters. The normalized spacial score (nSPS) is 15.7. The molecule has 0 radical (unpaired) electrons. The predicted octanol–water partition coefficient (Wildman–Crippen LogP) is 4.77. The molecule has 5 rings (SSSR count). The fraction of sp³-hybridized carbons (Fsp3) is 0.0909. The molecule has 0 saturated carbocycles. The number of phenols is 1. The second kappa shape index (κ2) is 6.83. The summed E-state index contributed by atoms with van der Waals surface area (Å²) in [5, 5.41) is 18.2. The highest BCUT2D eigenvalue weighted by atomic mass is 35.5. The Hall–Kier alpha value is -3.51. The maximum absolute atomic E-state index is 13.2. The van der Waals surface area contributed by atoms with E-state index in [4.69, 9.17) is 16.0 Å². The van der Waals surface area contributed by atoms with Crippen LogP contribution in [0.1, 0.15) is 33.4 Å². The van der Waals surface area contributed by atoms with Gasteiger partial charge >= 0.3 is 0 Å². The van der Waals surface area contributed by atoms with E-state index in [0.717, 1.165) is 11.1 Å².